The van der Waals surface area contributed by atoms with E-state index in [9.17, 15) is 14.4 Å². The van der Waals surface area contributed by atoms with E-state index in [4.69, 9.17) is 14.2 Å². The van der Waals surface area contributed by atoms with Crippen LogP contribution >= 0.6 is 0 Å². The van der Waals surface area contributed by atoms with Gasteiger partial charge >= 0.3 is 0 Å². The number of hydrogen-bond acceptors (Lipinski definition) is 7. The van der Waals surface area contributed by atoms with Crippen molar-refractivity contribution in [1.82, 2.24) is 24.9 Å². The summed E-state index contributed by atoms with van der Waals surface area (Å²) in [5, 5.41) is 7.53. The normalized spacial score (nSPS) is 18.6. The van der Waals surface area contributed by atoms with Gasteiger partial charge in [-0.1, -0.05) is 49.4 Å². The molecule has 0 radical (unpaired) electrons. The maximum atomic E-state index is 13.6. The van der Waals surface area contributed by atoms with Gasteiger partial charge in [-0.3, -0.25) is 19.1 Å². The maximum absolute atomic E-state index is 13.6. The Morgan fingerprint density at radius 3 is 2.72 bits per heavy atom. The van der Waals surface area contributed by atoms with Crippen molar-refractivity contribution in [3.63, 3.8) is 0 Å². The van der Waals surface area contributed by atoms with Crippen molar-refractivity contribution in [2.45, 2.75) is 45.1 Å². The first kappa shape index (κ1) is 31.8. The number of amides is 3. The zero-order valence-corrected chi connectivity index (χ0v) is 26.6. The van der Waals surface area contributed by atoms with Gasteiger partial charge in [-0.15, -0.1) is 0 Å². The van der Waals surface area contributed by atoms with E-state index in [1.807, 2.05) is 61.5 Å². The van der Waals surface area contributed by atoms with E-state index in [0.29, 0.717) is 60.9 Å². The van der Waals surface area contributed by atoms with Gasteiger partial charge in [0, 0.05) is 31.4 Å². The van der Waals surface area contributed by atoms with Gasteiger partial charge in [0.15, 0.2) is 11.5 Å². The van der Waals surface area contributed by atoms with Crippen molar-refractivity contribution in [3.8, 4) is 17.2 Å². The molecule has 3 aromatic carbocycles. The molecule has 244 valence electrons. The average Bonchev–Trinajstić information content (AvgIpc) is 3.55. The average molecular weight is 638 g/mol. The molecule has 4 aromatic rings. The molecule has 1 aromatic heterocycles. The molecule has 1 N–H and O–H groups in total. The van der Waals surface area contributed by atoms with Crippen LogP contribution in [0.1, 0.15) is 51.6 Å². The molecular formula is C36H39N5O6. The van der Waals surface area contributed by atoms with E-state index in [0.717, 1.165) is 11.1 Å². The van der Waals surface area contributed by atoms with Crippen LogP contribution in [0.3, 0.4) is 0 Å². The molecule has 2 aliphatic heterocycles. The van der Waals surface area contributed by atoms with Crippen molar-refractivity contribution in [1.29, 1.82) is 0 Å². The van der Waals surface area contributed by atoms with Crippen molar-refractivity contribution in [3.05, 3.63) is 107 Å². The molecule has 47 heavy (non-hydrogen) atoms. The summed E-state index contributed by atoms with van der Waals surface area (Å²) in [6.07, 6.45) is 4.04. The lowest BCUT2D eigenvalue weighted by Crippen LogP contribution is -2.57. The number of piperidine rings is 1. The lowest BCUT2D eigenvalue weighted by Gasteiger charge is -2.39. The quantitative estimate of drug-likeness (QED) is 0.331. The first-order valence-corrected chi connectivity index (χ1v) is 15.9. The topological polar surface area (TPSA) is 115 Å². The number of carbonyl (C=O) groups excluding carboxylic acids is 3. The fourth-order valence-corrected chi connectivity index (χ4v) is 6.00. The number of nitrogens with one attached hydrogen (secondary N) is 1. The van der Waals surface area contributed by atoms with Gasteiger partial charge in [-0.25, -0.2) is 0 Å². The molecule has 4 bridgehead atoms. The van der Waals surface area contributed by atoms with Crippen molar-refractivity contribution in [2.24, 2.45) is 0 Å². The SMILES string of the molecule is CCCN1CC(=O)N[C@H]2CCN(C(=O)c3cnn(Cc4ccccc4)c3)C[C@@H]2OCc2cccc(c2)Oc2cc(ccc2OC)C1=O. The molecule has 0 spiro atoms. The Morgan fingerprint density at radius 2 is 1.91 bits per heavy atom. The van der Waals surface area contributed by atoms with Crippen LogP contribution in [0.4, 0.5) is 0 Å². The second-order valence-electron chi connectivity index (χ2n) is 11.8. The highest BCUT2D eigenvalue weighted by atomic mass is 16.5. The number of methoxy groups -OCH3 is 1. The fourth-order valence-electron chi connectivity index (χ4n) is 6.00. The number of aromatic nitrogens is 2. The number of rotatable bonds is 6. The van der Waals surface area contributed by atoms with E-state index < -0.39 is 6.10 Å². The zero-order valence-electron chi connectivity index (χ0n) is 26.6. The Hall–Kier alpha value is -5.16. The molecular weight excluding hydrogens is 598 g/mol. The number of ether oxygens (including phenoxy) is 3. The first-order chi connectivity index (χ1) is 22.9. The first-order valence-electron chi connectivity index (χ1n) is 15.9. The Morgan fingerprint density at radius 1 is 1.06 bits per heavy atom. The minimum absolute atomic E-state index is 0.111. The molecule has 1 fully saturated rings. The van der Waals surface area contributed by atoms with E-state index in [-0.39, 0.29) is 43.5 Å². The van der Waals surface area contributed by atoms with E-state index >= 15 is 0 Å². The van der Waals surface area contributed by atoms with Crippen molar-refractivity contribution >= 4 is 17.7 Å². The third-order valence-electron chi connectivity index (χ3n) is 8.38. The lowest BCUT2D eigenvalue weighted by molar-refractivity contribution is -0.124. The number of hydrogen-bond donors (Lipinski definition) is 1. The molecule has 1 saturated heterocycles. The van der Waals surface area contributed by atoms with Crippen LogP contribution in [-0.2, 0) is 22.7 Å². The number of likely N-dealkylation sites (tertiary alicyclic amines) is 1. The minimum Gasteiger partial charge on any atom is -0.493 e. The summed E-state index contributed by atoms with van der Waals surface area (Å²) >= 11 is 0. The number of benzene rings is 3. The van der Waals surface area contributed by atoms with Gasteiger partial charge in [0.1, 0.15) is 5.75 Å². The van der Waals surface area contributed by atoms with Gasteiger partial charge < -0.3 is 29.3 Å². The molecule has 2 atom stereocenters. The second-order valence-corrected chi connectivity index (χ2v) is 11.8. The van der Waals surface area contributed by atoms with Gasteiger partial charge in [0.25, 0.3) is 11.8 Å². The van der Waals surface area contributed by atoms with Crippen LogP contribution in [-0.4, -0.2) is 82.7 Å². The predicted molar refractivity (Wildman–Crippen MR) is 175 cm³/mol. The molecule has 0 aliphatic carbocycles. The highest BCUT2D eigenvalue weighted by Gasteiger charge is 2.34. The van der Waals surface area contributed by atoms with Gasteiger partial charge in [-0.05, 0) is 54.3 Å². The predicted octanol–water partition coefficient (Wildman–Crippen LogP) is 4.51. The molecule has 11 nitrogen and oxygen atoms in total. The number of carbonyl (C=O) groups is 3. The number of fused-ring (bicyclic) bond motifs is 5. The Balaban J connectivity index is 1.24. The highest BCUT2D eigenvalue weighted by molar-refractivity contribution is 5.97. The summed E-state index contributed by atoms with van der Waals surface area (Å²) in [5.74, 6) is 0.713. The van der Waals surface area contributed by atoms with Gasteiger partial charge in [0.2, 0.25) is 5.91 Å². The molecule has 3 heterocycles. The Bertz CT molecular complexity index is 1720. The maximum Gasteiger partial charge on any atom is 0.257 e. The van der Waals surface area contributed by atoms with Crippen LogP contribution < -0.4 is 14.8 Å². The van der Waals surface area contributed by atoms with Crippen molar-refractivity contribution < 1.29 is 28.6 Å². The molecule has 3 amide bonds. The molecule has 0 saturated carbocycles. The molecule has 6 rings (SSSR count). The smallest absolute Gasteiger partial charge is 0.257 e. The van der Waals surface area contributed by atoms with Gasteiger partial charge in [0.05, 0.1) is 50.7 Å². The van der Waals surface area contributed by atoms with E-state index in [2.05, 4.69) is 10.4 Å². The van der Waals surface area contributed by atoms with Crippen LogP contribution in [0.5, 0.6) is 17.2 Å². The lowest BCUT2D eigenvalue weighted by atomic mass is 10.0. The second kappa shape index (κ2) is 14.5. The Labute approximate surface area is 274 Å². The summed E-state index contributed by atoms with van der Waals surface area (Å²) in [4.78, 5) is 44.0. The largest absolute Gasteiger partial charge is 0.493 e. The molecule has 11 heteroatoms. The Kier molecular flexibility index (Phi) is 9.82. The van der Waals surface area contributed by atoms with Crippen LogP contribution in [0.2, 0.25) is 0 Å². The summed E-state index contributed by atoms with van der Waals surface area (Å²) in [7, 11) is 1.54. The van der Waals surface area contributed by atoms with E-state index in [1.165, 1.54) is 4.90 Å². The minimum atomic E-state index is -0.489. The van der Waals surface area contributed by atoms with Crippen molar-refractivity contribution in [2.75, 3.05) is 33.3 Å². The van der Waals surface area contributed by atoms with Crippen LogP contribution in [0, 0.1) is 0 Å². The standard InChI is InChI=1S/C36H39N5O6/c1-3-15-39-23-34(42)38-30-14-16-40(36(44)28-19-37-41(21-28)20-25-8-5-4-6-9-25)22-33(30)46-24-26-10-7-11-29(17-26)47-32-18-27(35(39)43)12-13-31(32)45-2/h4-13,17-19,21,30,33H,3,14-16,20,22-24H2,1-2H3,(H,38,42)/t30-,33-/m0/s1. The highest BCUT2D eigenvalue weighted by Crippen LogP contribution is 2.33. The number of nitrogens with zero attached hydrogens (tertiary/aromatic N) is 4. The third kappa shape index (κ3) is 7.63. The van der Waals surface area contributed by atoms with Crippen LogP contribution in [0.25, 0.3) is 0 Å². The fraction of sp³-hybridized carbons (Fsp3) is 0.333. The van der Waals surface area contributed by atoms with Crippen LogP contribution in [0.15, 0.2) is 85.2 Å². The molecule has 2 aliphatic rings. The summed E-state index contributed by atoms with van der Waals surface area (Å²) in [6.45, 7) is 3.77. The van der Waals surface area contributed by atoms with Gasteiger partial charge in [-0.2, -0.15) is 5.10 Å². The third-order valence-corrected chi connectivity index (χ3v) is 8.38. The van der Waals surface area contributed by atoms with E-state index in [1.54, 1.807) is 47.3 Å². The molecule has 0 unspecified atom stereocenters. The zero-order chi connectivity index (χ0) is 32.8. The summed E-state index contributed by atoms with van der Waals surface area (Å²) in [6, 6.07) is 22.1. The summed E-state index contributed by atoms with van der Waals surface area (Å²) in [5.41, 5.74) is 2.83. The monoisotopic (exact) mass is 637 g/mol. The summed E-state index contributed by atoms with van der Waals surface area (Å²) < 4.78 is 19.9.